The number of hydrogen-bond donors (Lipinski definition) is 0. The molecular weight excluding hydrogens is 294 g/mol. The Morgan fingerprint density at radius 3 is 2.05 bits per heavy atom. The molecule has 0 amide bonds. The summed E-state index contributed by atoms with van der Waals surface area (Å²) >= 11 is 0. The molecule has 0 heterocycles. The fraction of sp³-hybridized carbons (Fsp3) is 0.200. The predicted molar refractivity (Wildman–Crippen MR) is 69.4 cm³/mol. The third kappa shape index (κ3) is 4.00. The van der Waals surface area contributed by atoms with E-state index in [4.69, 9.17) is 0 Å². The van der Waals surface area contributed by atoms with Gasteiger partial charge in [-0.25, -0.2) is 0 Å². The molecule has 6 heteroatoms. The highest BCUT2D eigenvalue weighted by atomic mass is 19.4. The van der Waals surface area contributed by atoms with Gasteiger partial charge in [-0.3, -0.25) is 0 Å². The van der Waals surface area contributed by atoms with Crippen molar-refractivity contribution in [1.29, 1.82) is 0 Å². The van der Waals surface area contributed by atoms with Gasteiger partial charge in [0.1, 0.15) is 0 Å². The third-order valence-electron chi connectivity index (χ3n) is 2.66. The molecule has 0 saturated carbocycles. The minimum absolute atomic E-state index is 0.516. The van der Waals surface area contributed by atoms with Gasteiger partial charge in [0.05, 0.1) is 11.1 Å². The Morgan fingerprint density at radius 2 is 1.62 bits per heavy atom. The number of halogens is 6. The van der Waals surface area contributed by atoms with Crippen LogP contribution in [-0.4, -0.2) is 6.18 Å². The SMILES string of the molecule is C=C/C(=C(\C=C/C)c1ccccc1C(F)(F)F)C(F)(F)F. The lowest BCUT2D eigenvalue weighted by molar-refractivity contribution is -0.137. The number of benzene rings is 1. The van der Waals surface area contributed by atoms with Crippen LogP contribution in [0.3, 0.4) is 0 Å². The molecule has 1 aromatic rings. The lowest BCUT2D eigenvalue weighted by Gasteiger charge is -2.17. The maximum Gasteiger partial charge on any atom is 0.417 e. The molecule has 0 nitrogen and oxygen atoms in total. The highest BCUT2D eigenvalue weighted by Crippen LogP contribution is 2.39. The summed E-state index contributed by atoms with van der Waals surface area (Å²) in [7, 11) is 0. The summed E-state index contributed by atoms with van der Waals surface area (Å²) in [6, 6.07) is 4.13. The molecule has 1 rings (SSSR count). The molecule has 0 saturated heterocycles. The van der Waals surface area contributed by atoms with Crippen molar-refractivity contribution in [1.82, 2.24) is 0 Å². The van der Waals surface area contributed by atoms with Crippen LogP contribution in [0.5, 0.6) is 0 Å². The summed E-state index contributed by atoms with van der Waals surface area (Å²) in [5.41, 5.74) is -3.43. The van der Waals surface area contributed by atoms with E-state index in [1.807, 2.05) is 0 Å². The van der Waals surface area contributed by atoms with E-state index in [0.29, 0.717) is 6.08 Å². The van der Waals surface area contributed by atoms with Gasteiger partial charge in [-0.05, 0) is 24.1 Å². The second-order valence-corrected chi connectivity index (χ2v) is 4.07. The van der Waals surface area contributed by atoms with Crippen LogP contribution in [0, 0.1) is 0 Å². The Kier molecular flexibility index (Phi) is 5.04. The van der Waals surface area contributed by atoms with E-state index in [0.717, 1.165) is 24.3 Å². The van der Waals surface area contributed by atoms with Crippen molar-refractivity contribution < 1.29 is 26.3 Å². The average Bonchev–Trinajstić information content (AvgIpc) is 2.36. The second kappa shape index (κ2) is 6.20. The lowest BCUT2D eigenvalue weighted by atomic mass is 9.94. The van der Waals surface area contributed by atoms with Crippen LogP contribution in [0.25, 0.3) is 5.57 Å². The molecule has 0 spiro atoms. The average molecular weight is 306 g/mol. The Bertz CT molecular complexity index is 573. The third-order valence-corrected chi connectivity index (χ3v) is 2.66. The number of hydrogen-bond acceptors (Lipinski definition) is 0. The zero-order valence-electron chi connectivity index (χ0n) is 11.0. The van der Waals surface area contributed by atoms with E-state index in [9.17, 15) is 26.3 Å². The van der Waals surface area contributed by atoms with Crippen LogP contribution in [0.15, 0.2) is 54.6 Å². The first kappa shape index (κ1) is 17.1. The van der Waals surface area contributed by atoms with E-state index in [-0.39, 0.29) is 0 Å². The lowest BCUT2D eigenvalue weighted by Crippen LogP contribution is -2.14. The van der Waals surface area contributed by atoms with Crippen LogP contribution in [0.4, 0.5) is 26.3 Å². The van der Waals surface area contributed by atoms with Crippen LogP contribution in [-0.2, 0) is 6.18 Å². The van der Waals surface area contributed by atoms with Gasteiger partial charge in [0.15, 0.2) is 0 Å². The quantitative estimate of drug-likeness (QED) is 0.490. The first-order valence-electron chi connectivity index (χ1n) is 5.86. The molecule has 114 valence electrons. The first-order chi connectivity index (χ1) is 9.62. The summed E-state index contributed by atoms with van der Waals surface area (Å²) < 4.78 is 77.8. The van der Waals surface area contributed by atoms with E-state index in [1.54, 1.807) is 0 Å². The smallest absolute Gasteiger partial charge is 0.166 e. The summed E-state index contributed by atoms with van der Waals surface area (Å²) in [4.78, 5) is 0. The number of rotatable bonds is 3. The van der Waals surface area contributed by atoms with Crippen molar-refractivity contribution in [3.8, 4) is 0 Å². The molecule has 0 aliphatic carbocycles. The summed E-state index contributed by atoms with van der Waals surface area (Å²) in [5, 5.41) is 0. The summed E-state index contributed by atoms with van der Waals surface area (Å²) in [6.07, 6.45) is -6.79. The van der Waals surface area contributed by atoms with Gasteiger partial charge < -0.3 is 0 Å². The van der Waals surface area contributed by atoms with Crippen molar-refractivity contribution in [3.05, 3.63) is 65.8 Å². The van der Waals surface area contributed by atoms with Crippen molar-refractivity contribution >= 4 is 5.57 Å². The molecule has 0 N–H and O–H groups in total. The molecule has 0 atom stereocenters. The van der Waals surface area contributed by atoms with E-state index in [2.05, 4.69) is 6.58 Å². The fourth-order valence-corrected chi connectivity index (χ4v) is 1.83. The van der Waals surface area contributed by atoms with Crippen molar-refractivity contribution in [2.75, 3.05) is 0 Å². The molecule has 0 fully saturated rings. The number of alkyl halides is 6. The maximum absolute atomic E-state index is 13.0. The Labute approximate surface area is 118 Å². The topological polar surface area (TPSA) is 0 Å². The minimum atomic E-state index is -4.80. The van der Waals surface area contributed by atoms with E-state index < -0.39 is 34.6 Å². The van der Waals surface area contributed by atoms with Crippen LogP contribution in [0.2, 0.25) is 0 Å². The Hall–Kier alpha value is -1.98. The molecule has 0 unspecified atom stereocenters. The first-order valence-corrected chi connectivity index (χ1v) is 5.86. The largest absolute Gasteiger partial charge is 0.417 e. The highest BCUT2D eigenvalue weighted by molar-refractivity contribution is 5.81. The highest BCUT2D eigenvalue weighted by Gasteiger charge is 2.38. The zero-order valence-corrected chi connectivity index (χ0v) is 11.0. The minimum Gasteiger partial charge on any atom is -0.166 e. The molecule has 0 aliphatic heterocycles. The van der Waals surface area contributed by atoms with E-state index >= 15 is 0 Å². The van der Waals surface area contributed by atoms with Gasteiger partial charge in [-0.2, -0.15) is 26.3 Å². The Balaban J connectivity index is 3.74. The second-order valence-electron chi connectivity index (χ2n) is 4.07. The standard InChI is InChI=1S/C15H12F6/c1-3-7-10(12(4-2)14(16,17)18)11-8-5-6-9-13(11)15(19,20)21/h3-9H,2H2,1H3/b7-3-,12-10-. The molecule has 0 radical (unpaired) electrons. The molecule has 1 aromatic carbocycles. The maximum atomic E-state index is 13.0. The normalized spacial score (nSPS) is 14.2. The molecular formula is C15H12F6. The predicted octanol–water partition coefficient (Wildman–Crippen LogP) is 5.78. The van der Waals surface area contributed by atoms with Gasteiger partial charge in [-0.1, -0.05) is 43.0 Å². The zero-order chi connectivity index (χ0) is 16.3. The fourth-order valence-electron chi connectivity index (χ4n) is 1.83. The molecule has 21 heavy (non-hydrogen) atoms. The summed E-state index contributed by atoms with van der Waals surface area (Å²) in [5.74, 6) is 0. The van der Waals surface area contributed by atoms with Crippen molar-refractivity contribution in [2.45, 2.75) is 19.3 Å². The van der Waals surface area contributed by atoms with Crippen molar-refractivity contribution in [2.24, 2.45) is 0 Å². The molecule has 0 bridgehead atoms. The summed E-state index contributed by atoms with van der Waals surface area (Å²) in [6.45, 7) is 4.48. The molecule has 0 aromatic heterocycles. The van der Waals surface area contributed by atoms with Gasteiger partial charge in [-0.15, -0.1) is 0 Å². The monoisotopic (exact) mass is 306 g/mol. The molecule has 0 aliphatic rings. The van der Waals surface area contributed by atoms with Crippen molar-refractivity contribution in [3.63, 3.8) is 0 Å². The van der Waals surface area contributed by atoms with Crippen LogP contribution >= 0.6 is 0 Å². The van der Waals surface area contributed by atoms with Gasteiger partial charge >= 0.3 is 12.4 Å². The van der Waals surface area contributed by atoms with E-state index in [1.165, 1.54) is 19.1 Å². The Morgan fingerprint density at radius 1 is 1.05 bits per heavy atom. The number of allylic oxidation sites excluding steroid dienone is 5. The van der Waals surface area contributed by atoms with Crippen LogP contribution < -0.4 is 0 Å². The van der Waals surface area contributed by atoms with Gasteiger partial charge in [0.2, 0.25) is 0 Å². The van der Waals surface area contributed by atoms with Crippen LogP contribution in [0.1, 0.15) is 18.1 Å². The van der Waals surface area contributed by atoms with Gasteiger partial charge in [0.25, 0.3) is 0 Å². The van der Waals surface area contributed by atoms with Gasteiger partial charge in [0, 0.05) is 0 Å².